The summed E-state index contributed by atoms with van der Waals surface area (Å²) in [6, 6.07) is 6.12. The van der Waals surface area contributed by atoms with Crippen molar-refractivity contribution < 1.29 is 9.72 Å². The van der Waals surface area contributed by atoms with Crippen molar-refractivity contribution in [2.24, 2.45) is 0 Å². The van der Waals surface area contributed by atoms with E-state index in [1.54, 1.807) is 6.07 Å². The molecule has 21 heavy (non-hydrogen) atoms. The Balaban J connectivity index is 2.17. The molecule has 0 unspecified atom stereocenters. The number of nitrogens with one attached hydrogen (secondary N) is 2. The van der Waals surface area contributed by atoms with Crippen molar-refractivity contribution in [1.29, 1.82) is 0 Å². The van der Waals surface area contributed by atoms with Crippen molar-refractivity contribution in [2.75, 3.05) is 10.6 Å². The van der Waals surface area contributed by atoms with Crippen molar-refractivity contribution in [1.82, 2.24) is 0 Å². The predicted molar refractivity (Wildman–Crippen MR) is 84.1 cm³/mol. The van der Waals surface area contributed by atoms with Crippen LogP contribution in [0, 0.1) is 10.1 Å². The van der Waals surface area contributed by atoms with Crippen LogP contribution in [-0.2, 0) is 11.3 Å². The second-order valence-electron chi connectivity index (χ2n) is 4.21. The number of amides is 1. The quantitative estimate of drug-likeness (QED) is 0.645. The van der Waals surface area contributed by atoms with E-state index in [9.17, 15) is 14.9 Å². The van der Waals surface area contributed by atoms with Crippen molar-refractivity contribution in [3.05, 3.63) is 49.7 Å². The van der Waals surface area contributed by atoms with Crippen LogP contribution in [0.1, 0.15) is 11.8 Å². The molecule has 1 amide bonds. The Labute approximate surface area is 129 Å². The molecule has 0 radical (unpaired) electrons. The third-order valence-corrected chi connectivity index (χ3v) is 3.81. The average Bonchev–Trinajstić information content (AvgIpc) is 2.82. The maximum Gasteiger partial charge on any atom is 0.292 e. The van der Waals surface area contributed by atoms with Gasteiger partial charge in [0, 0.05) is 22.9 Å². The molecule has 0 bridgehead atoms. The minimum atomic E-state index is -0.470. The number of rotatable bonds is 5. The van der Waals surface area contributed by atoms with Crippen LogP contribution < -0.4 is 10.6 Å². The predicted octanol–water partition coefficient (Wildman–Crippen LogP) is 3.88. The number of nitro benzene ring substituents is 1. The van der Waals surface area contributed by atoms with Crippen LogP contribution in [0.2, 0.25) is 5.02 Å². The molecule has 2 N–H and O–H groups in total. The molecular formula is C13H12ClN3O3S. The van der Waals surface area contributed by atoms with E-state index in [1.807, 2.05) is 5.38 Å². The Morgan fingerprint density at radius 2 is 2.14 bits per heavy atom. The highest BCUT2D eigenvalue weighted by Crippen LogP contribution is 2.30. The summed E-state index contributed by atoms with van der Waals surface area (Å²) in [6.45, 7) is 1.78. The van der Waals surface area contributed by atoms with Gasteiger partial charge >= 0.3 is 0 Å². The third kappa shape index (κ3) is 3.93. The van der Waals surface area contributed by atoms with Crippen molar-refractivity contribution in [2.45, 2.75) is 13.5 Å². The maximum atomic E-state index is 11.1. The summed E-state index contributed by atoms with van der Waals surface area (Å²) in [4.78, 5) is 22.5. The molecule has 1 heterocycles. The Bertz CT molecular complexity index is 687. The second-order valence-corrected chi connectivity index (χ2v) is 5.65. The van der Waals surface area contributed by atoms with Crippen LogP contribution in [-0.4, -0.2) is 10.8 Å². The molecule has 0 aliphatic heterocycles. The molecule has 6 nitrogen and oxygen atoms in total. The van der Waals surface area contributed by atoms with E-state index in [4.69, 9.17) is 11.6 Å². The molecule has 0 saturated carbocycles. The van der Waals surface area contributed by atoms with Crippen LogP contribution in [0.5, 0.6) is 0 Å². The van der Waals surface area contributed by atoms with Crippen molar-refractivity contribution >= 4 is 45.9 Å². The van der Waals surface area contributed by atoms with Crippen LogP contribution in [0.15, 0.2) is 29.6 Å². The van der Waals surface area contributed by atoms with Gasteiger partial charge < -0.3 is 10.6 Å². The summed E-state index contributed by atoms with van der Waals surface area (Å²) in [5.74, 6) is -0.164. The number of thiophene rings is 1. The monoisotopic (exact) mass is 325 g/mol. The van der Waals surface area contributed by atoms with Crippen molar-refractivity contribution in [3.8, 4) is 0 Å². The second kappa shape index (κ2) is 6.55. The first-order valence-electron chi connectivity index (χ1n) is 5.99. The standard InChI is InChI=1S/C13H12ClN3O3S/c1-8(18)16-10-4-5-21-13(10)7-15-11-6-9(14)2-3-12(11)17(19)20/h2-6,15H,7H2,1H3,(H,16,18). The fraction of sp³-hybridized carbons (Fsp3) is 0.154. The topological polar surface area (TPSA) is 84.3 Å². The first-order chi connectivity index (χ1) is 9.97. The lowest BCUT2D eigenvalue weighted by molar-refractivity contribution is -0.384. The van der Waals surface area contributed by atoms with Gasteiger partial charge in [-0.15, -0.1) is 11.3 Å². The van der Waals surface area contributed by atoms with E-state index in [2.05, 4.69) is 10.6 Å². The SMILES string of the molecule is CC(=O)Nc1ccsc1CNc1cc(Cl)ccc1[N+](=O)[O-]. The number of hydrogen-bond donors (Lipinski definition) is 2. The number of hydrogen-bond acceptors (Lipinski definition) is 5. The van der Waals surface area contributed by atoms with Crippen LogP contribution in [0.3, 0.4) is 0 Å². The Morgan fingerprint density at radius 3 is 2.81 bits per heavy atom. The molecule has 0 spiro atoms. The lowest BCUT2D eigenvalue weighted by Gasteiger charge is -2.08. The molecule has 0 aliphatic carbocycles. The van der Waals surface area contributed by atoms with Gasteiger partial charge in [0.05, 0.1) is 17.2 Å². The van der Waals surface area contributed by atoms with E-state index >= 15 is 0 Å². The highest BCUT2D eigenvalue weighted by atomic mass is 35.5. The summed E-state index contributed by atoms with van der Waals surface area (Å²) in [5.41, 5.74) is 0.997. The molecule has 1 aromatic heterocycles. The summed E-state index contributed by atoms with van der Waals surface area (Å²) < 4.78 is 0. The van der Waals surface area contributed by atoms with Gasteiger partial charge in [0.15, 0.2) is 0 Å². The highest BCUT2D eigenvalue weighted by molar-refractivity contribution is 7.10. The molecule has 0 aliphatic rings. The molecule has 0 atom stereocenters. The van der Waals surface area contributed by atoms with Gasteiger partial charge in [-0.05, 0) is 23.6 Å². The van der Waals surface area contributed by atoms with Gasteiger partial charge in [-0.1, -0.05) is 11.6 Å². The highest BCUT2D eigenvalue weighted by Gasteiger charge is 2.14. The number of halogens is 1. The largest absolute Gasteiger partial charge is 0.374 e. The van der Waals surface area contributed by atoms with Crippen LogP contribution in [0.25, 0.3) is 0 Å². The number of nitro groups is 1. The van der Waals surface area contributed by atoms with Gasteiger partial charge in [0.2, 0.25) is 5.91 Å². The van der Waals surface area contributed by atoms with Gasteiger partial charge in [-0.3, -0.25) is 14.9 Å². The van der Waals surface area contributed by atoms with Gasteiger partial charge in [0.25, 0.3) is 5.69 Å². The molecule has 110 valence electrons. The van der Waals surface area contributed by atoms with Gasteiger partial charge in [-0.25, -0.2) is 0 Å². The van der Waals surface area contributed by atoms with Gasteiger partial charge in [-0.2, -0.15) is 0 Å². The molecule has 0 fully saturated rings. The molecule has 8 heteroatoms. The normalized spacial score (nSPS) is 10.2. The first-order valence-corrected chi connectivity index (χ1v) is 7.25. The smallest absolute Gasteiger partial charge is 0.292 e. The minimum Gasteiger partial charge on any atom is -0.374 e. The Kier molecular flexibility index (Phi) is 4.77. The summed E-state index contributed by atoms with van der Waals surface area (Å²) in [7, 11) is 0. The minimum absolute atomic E-state index is 0.0444. The number of benzene rings is 1. The van der Waals surface area contributed by atoms with Crippen molar-refractivity contribution in [3.63, 3.8) is 0 Å². The van der Waals surface area contributed by atoms with Crippen LogP contribution in [0.4, 0.5) is 17.1 Å². The third-order valence-electron chi connectivity index (χ3n) is 2.65. The summed E-state index contributed by atoms with van der Waals surface area (Å²) >= 11 is 7.31. The van der Waals surface area contributed by atoms with E-state index < -0.39 is 4.92 Å². The molecule has 1 aromatic carbocycles. The number of carbonyl (C=O) groups is 1. The zero-order valence-corrected chi connectivity index (χ0v) is 12.6. The summed E-state index contributed by atoms with van der Waals surface area (Å²) in [6.07, 6.45) is 0. The molecular weight excluding hydrogens is 314 g/mol. The average molecular weight is 326 g/mol. The number of carbonyl (C=O) groups excluding carboxylic acids is 1. The van der Waals surface area contributed by atoms with E-state index in [0.29, 0.717) is 22.9 Å². The van der Waals surface area contributed by atoms with E-state index in [-0.39, 0.29) is 11.6 Å². The lowest BCUT2D eigenvalue weighted by atomic mass is 10.2. The number of nitrogens with zero attached hydrogens (tertiary/aromatic N) is 1. The maximum absolute atomic E-state index is 11.1. The van der Waals surface area contributed by atoms with E-state index in [1.165, 1.54) is 36.5 Å². The fourth-order valence-corrected chi connectivity index (χ4v) is 2.71. The zero-order chi connectivity index (χ0) is 15.4. The van der Waals surface area contributed by atoms with Gasteiger partial charge in [0.1, 0.15) is 5.69 Å². The van der Waals surface area contributed by atoms with Crippen LogP contribution >= 0.6 is 22.9 Å². The Hall–Kier alpha value is -2.12. The Morgan fingerprint density at radius 1 is 1.38 bits per heavy atom. The molecule has 0 saturated heterocycles. The zero-order valence-electron chi connectivity index (χ0n) is 11.1. The lowest BCUT2D eigenvalue weighted by Crippen LogP contribution is -2.08. The number of anilines is 2. The molecule has 2 aromatic rings. The molecule has 2 rings (SSSR count). The first kappa shape index (κ1) is 15.3. The summed E-state index contributed by atoms with van der Waals surface area (Å²) in [5, 5.41) is 18.9. The fourth-order valence-electron chi connectivity index (χ4n) is 1.76. The van der Waals surface area contributed by atoms with E-state index in [0.717, 1.165) is 4.88 Å².